The van der Waals surface area contributed by atoms with E-state index in [4.69, 9.17) is 5.48 Å². The highest BCUT2D eigenvalue weighted by atomic mass is 79.9. The second kappa shape index (κ2) is 2.09. The molecule has 0 saturated carbocycles. The van der Waals surface area contributed by atoms with Gasteiger partial charge < -0.3 is 4.98 Å². The molecule has 0 saturated heterocycles. The summed E-state index contributed by atoms with van der Waals surface area (Å²) in [7, 11) is 0. The molecule has 1 heterocycles. The van der Waals surface area contributed by atoms with Gasteiger partial charge in [0.2, 0.25) is 0 Å². The van der Waals surface area contributed by atoms with Crippen molar-refractivity contribution in [1.82, 2.24) is 9.97 Å². The Hall–Kier alpha value is -0.830. The first-order valence-electron chi connectivity index (χ1n) is 4.64. The molecule has 0 aliphatic carbocycles. The van der Waals surface area contributed by atoms with E-state index in [1.54, 1.807) is 0 Å². The molecule has 10 heavy (non-hydrogen) atoms. The minimum absolute atomic E-state index is 0.0377. The summed E-state index contributed by atoms with van der Waals surface area (Å²) in [5.41, 5.74) is 0.524. The molecule has 1 aromatic heterocycles. The van der Waals surface area contributed by atoms with Crippen molar-refractivity contribution in [3.8, 4) is 0 Å². The standard InChI is InChI=1S/C7H5BrN2/c8-5-1-2-6-7(3-5)10-4-9-6/h1-4H,(H,9,10)/i1D,2D,3D,4D. The molecule has 0 unspecified atom stereocenters. The lowest BCUT2D eigenvalue weighted by Gasteiger charge is -1.87. The Labute approximate surface area is 72.0 Å². The first kappa shape index (κ1) is 3.05. The molecule has 1 N–H and O–H groups in total. The lowest BCUT2D eigenvalue weighted by molar-refractivity contribution is 1.34. The first-order chi connectivity index (χ1) is 6.52. The highest BCUT2D eigenvalue weighted by Gasteiger charge is 1.93. The van der Waals surface area contributed by atoms with E-state index in [9.17, 15) is 0 Å². The minimum Gasteiger partial charge on any atom is -0.345 e. The average molecular weight is 201 g/mol. The number of aromatic amines is 1. The van der Waals surface area contributed by atoms with Gasteiger partial charge in [0.15, 0.2) is 0 Å². The normalized spacial score (nSPS) is 16.1. The lowest BCUT2D eigenvalue weighted by Crippen LogP contribution is -1.67. The molecule has 3 heteroatoms. The number of hydrogen-bond acceptors (Lipinski definition) is 1. The summed E-state index contributed by atoms with van der Waals surface area (Å²) < 4.78 is 30.2. The molecule has 0 aliphatic rings. The summed E-state index contributed by atoms with van der Waals surface area (Å²) >= 11 is 3.05. The van der Waals surface area contributed by atoms with Crippen molar-refractivity contribution in [1.29, 1.82) is 0 Å². The number of nitrogens with zero attached hydrogens (tertiary/aromatic N) is 1. The molecule has 0 aliphatic heterocycles. The zero-order valence-electron chi connectivity index (χ0n) is 8.83. The Bertz CT molecular complexity index is 477. The van der Waals surface area contributed by atoms with Gasteiger partial charge in [-0.3, -0.25) is 0 Å². The lowest BCUT2D eigenvalue weighted by atomic mass is 10.3. The number of rotatable bonds is 0. The van der Waals surface area contributed by atoms with Crippen LogP contribution in [0.5, 0.6) is 0 Å². The third kappa shape index (κ3) is 0.827. The molecule has 2 nitrogen and oxygen atoms in total. The van der Waals surface area contributed by atoms with Gasteiger partial charge in [-0.05, 0) is 18.1 Å². The number of H-pyrrole nitrogens is 1. The molecular weight excluding hydrogens is 192 g/mol. The third-order valence-corrected chi connectivity index (χ3v) is 1.51. The van der Waals surface area contributed by atoms with Crippen molar-refractivity contribution in [3.63, 3.8) is 0 Å². The number of nitrogens with one attached hydrogen (secondary N) is 1. The third-order valence-electron chi connectivity index (χ3n) is 1.11. The molecule has 50 valence electrons. The van der Waals surface area contributed by atoms with Crippen LogP contribution in [0.4, 0.5) is 0 Å². The van der Waals surface area contributed by atoms with Crippen LogP contribution >= 0.6 is 15.9 Å². The smallest absolute Gasteiger partial charge is 0.104 e. The van der Waals surface area contributed by atoms with Crippen LogP contribution in [0.25, 0.3) is 11.0 Å². The van der Waals surface area contributed by atoms with Crippen molar-refractivity contribution in [2.75, 3.05) is 0 Å². The van der Waals surface area contributed by atoms with Crippen LogP contribution < -0.4 is 0 Å². The summed E-state index contributed by atoms with van der Waals surface area (Å²) in [6.07, 6.45) is -0.0977. The van der Waals surface area contributed by atoms with Gasteiger partial charge in [-0.2, -0.15) is 0 Å². The van der Waals surface area contributed by atoms with Crippen LogP contribution in [0, 0.1) is 0 Å². The number of imidazole rings is 1. The first-order valence-corrected chi connectivity index (χ1v) is 3.43. The van der Waals surface area contributed by atoms with Crippen LogP contribution in [0.15, 0.2) is 28.9 Å². The summed E-state index contributed by atoms with van der Waals surface area (Å²) in [5, 5.41) is 0. The van der Waals surface area contributed by atoms with Crippen LogP contribution in [0.2, 0.25) is 0 Å². The summed E-state index contributed by atoms with van der Waals surface area (Å²) in [6, 6.07) is -0.0734. The molecule has 0 spiro atoms. The van der Waals surface area contributed by atoms with Gasteiger partial charge in [0.25, 0.3) is 0 Å². The van der Waals surface area contributed by atoms with Crippen molar-refractivity contribution < 1.29 is 5.48 Å². The van der Waals surface area contributed by atoms with E-state index in [1.165, 1.54) is 0 Å². The Kier molecular flexibility index (Phi) is 0.638. The molecule has 0 atom stereocenters. The predicted octanol–water partition coefficient (Wildman–Crippen LogP) is 2.33. The number of hydrogen-bond donors (Lipinski definition) is 1. The van der Waals surface area contributed by atoms with Gasteiger partial charge in [0.05, 0.1) is 21.4 Å². The fourth-order valence-corrected chi connectivity index (χ4v) is 0.975. The highest BCUT2D eigenvalue weighted by molar-refractivity contribution is 9.10. The van der Waals surface area contributed by atoms with Gasteiger partial charge in [-0.25, -0.2) is 4.98 Å². The number of aromatic nitrogens is 2. The fourth-order valence-electron chi connectivity index (χ4n) is 0.688. The van der Waals surface area contributed by atoms with Crippen molar-refractivity contribution in [2.24, 2.45) is 0 Å². The van der Waals surface area contributed by atoms with E-state index < -0.39 is 0 Å². The molecule has 2 aromatic rings. The minimum atomic E-state index is -0.0977. The van der Waals surface area contributed by atoms with Crippen molar-refractivity contribution in [3.05, 3.63) is 28.9 Å². The van der Waals surface area contributed by atoms with E-state index in [2.05, 4.69) is 25.9 Å². The van der Waals surface area contributed by atoms with Gasteiger partial charge in [0, 0.05) is 4.47 Å². The maximum atomic E-state index is 7.62. The maximum Gasteiger partial charge on any atom is 0.104 e. The fraction of sp³-hybridized carbons (Fsp3) is 0. The van der Waals surface area contributed by atoms with Gasteiger partial charge in [-0.1, -0.05) is 15.9 Å². The molecule has 1 aromatic carbocycles. The number of fused-ring (bicyclic) bond motifs is 1. The van der Waals surface area contributed by atoms with E-state index in [0.717, 1.165) is 0 Å². The van der Waals surface area contributed by atoms with Crippen molar-refractivity contribution in [2.45, 2.75) is 0 Å². The van der Waals surface area contributed by atoms with E-state index in [0.29, 0.717) is 0 Å². The maximum absolute atomic E-state index is 7.62. The molecule has 0 bridgehead atoms. The van der Waals surface area contributed by atoms with E-state index in [1.807, 2.05) is 0 Å². The summed E-state index contributed by atoms with van der Waals surface area (Å²) in [6.45, 7) is 0. The second-order valence-electron chi connectivity index (χ2n) is 1.76. The van der Waals surface area contributed by atoms with Crippen LogP contribution in [-0.2, 0) is 0 Å². The van der Waals surface area contributed by atoms with Crippen LogP contribution in [0.3, 0.4) is 0 Å². The second-order valence-corrected chi connectivity index (χ2v) is 2.55. The summed E-state index contributed by atoms with van der Waals surface area (Å²) in [5.74, 6) is 0. The molecule has 2 rings (SSSR count). The summed E-state index contributed by atoms with van der Waals surface area (Å²) in [4.78, 5) is 6.31. The quantitative estimate of drug-likeness (QED) is 0.696. The van der Waals surface area contributed by atoms with Gasteiger partial charge in [-0.15, -0.1) is 0 Å². The number of halogens is 1. The van der Waals surface area contributed by atoms with Gasteiger partial charge >= 0.3 is 0 Å². The van der Waals surface area contributed by atoms with E-state index in [-0.39, 0.29) is 39.9 Å². The molecule has 0 radical (unpaired) electrons. The Morgan fingerprint density at radius 1 is 1.60 bits per heavy atom. The SMILES string of the molecule is [2H]c1nc2c([2H])c(Br)c([2H])c([2H])c2[nH]1. The zero-order valence-corrected chi connectivity index (χ0v) is 6.41. The Balaban J connectivity index is 3.01. The van der Waals surface area contributed by atoms with Crippen LogP contribution in [-0.4, -0.2) is 9.97 Å². The largest absolute Gasteiger partial charge is 0.345 e. The topological polar surface area (TPSA) is 28.7 Å². The zero-order chi connectivity index (χ0) is 10.5. The highest BCUT2D eigenvalue weighted by Crippen LogP contribution is 2.15. The molecule has 0 amide bonds. The molecular formula is C7H5BrN2. The number of benzene rings is 1. The predicted molar refractivity (Wildman–Crippen MR) is 43.8 cm³/mol. The van der Waals surface area contributed by atoms with Crippen molar-refractivity contribution >= 4 is 27.0 Å². The van der Waals surface area contributed by atoms with Gasteiger partial charge in [0.1, 0.15) is 1.37 Å². The Morgan fingerprint density at radius 2 is 2.50 bits per heavy atom. The van der Waals surface area contributed by atoms with Crippen LogP contribution in [0.1, 0.15) is 5.48 Å². The Morgan fingerprint density at radius 3 is 3.40 bits per heavy atom. The van der Waals surface area contributed by atoms with E-state index >= 15 is 0 Å². The molecule has 0 fully saturated rings. The monoisotopic (exact) mass is 200 g/mol. The average Bonchev–Trinajstić information content (AvgIpc) is 2.54.